The van der Waals surface area contributed by atoms with E-state index in [0.717, 1.165) is 11.4 Å². The van der Waals surface area contributed by atoms with Crippen molar-refractivity contribution in [3.05, 3.63) is 58.9 Å². The standard InChI is InChI=1S/C21H27ClN4/c1-14-13-18(11-12-24-14)17-5-3-16(4-6-17)15(2)25-21(23)26-20-9-7-19(22)8-10-20/h7-13,15-17H,3-6H2,1-2H3,(H3,23,25,26). The van der Waals surface area contributed by atoms with Gasteiger partial charge in [-0.25, -0.2) is 0 Å². The summed E-state index contributed by atoms with van der Waals surface area (Å²) >= 11 is 5.90. The van der Waals surface area contributed by atoms with E-state index in [1.165, 1.54) is 31.2 Å². The van der Waals surface area contributed by atoms with E-state index in [4.69, 9.17) is 17.0 Å². The van der Waals surface area contributed by atoms with Crippen LogP contribution in [0, 0.1) is 18.3 Å². The number of aryl methyl sites for hydroxylation is 1. The first-order chi connectivity index (χ1) is 12.5. The van der Waals surface area contributed by atoms with Crippen molar-refractivity contribution in [3.63, 3.8) is 0 Å². The second kappa shape index (κ2) is 8.54. The molecule has 0 radical (unpaired) electrons. The van der Waals surface area contributed by atoms with Crippen molar-refractivity contribution >= 4 is 23.2 Å². The molecule has 0 amide bonds. The van der Waals surface area contributed by atoms with E-state index < -0.39 is 0 Å². The number of aromatic nitrogens is 1. The van der Waals surface area contributed by atoms with Gasteiger partial charge in [-0.1, -0.05) is 11.6 Å². The van der Waals surface area contributed by atoms with Crippen LogP contribution in [0.15, 0.2) is 42.6 Å². The highest BCUT2D eigenvalue weighted by Gasteiger charge is 2.26. The number of nitrogens with one attached hydrogen (secondary N) is 3. The number of hydrogen-bond donors (Lipinski definition) is 3. The zero-order valence-corrected chi connectivity index (χ0v) is 16.2. The van der Waals surface area contributed by atoms with Crippen molar-refractivity contribution in [2.24, 2.45) is 5.92 Å². The molecule has 1 fully saturated rings. The van der Waals surface area contributed by atoms with Crippen molar-refractivity contribution in [2.45, 2.75) is 51.5 Å². The summed E-state index contributed by atoms with van der Waals surface area (Å²) in [5.41, 5.74) is 3.39. The summed E-state index contributed by atoms with van der Waals surface area (Å²) in [6.45, 7) is 4.24. The van der Waals surface area contributed by atoms with Gasteiger partial charge in [0, 0.05) is 28.6 Å². The summed E-state index contributed by atoms with van der Waals surface area (Å²) in [5, 5.41) is 15.3. The summed E-state index contributed by atoms with van der Waals surface area (Å²) in [4.78, 5) is 4.30. The van der Waals surface area contributed by atoms with Crippen molar-refractivity contribution < 1.29 is 0 Å². The van der Waals surface area contributed by atoms with Gasteiger partial charge in [0.05, 0.1) is 0 Å². The number of halogens is 1. The molecule has 3 rings (SSSR count). The molecule has 0 spiro atoms. The second-order valence-electron chi connectivity index (χ2n) is 7.28. The zero-order valence-electron chi connectivity index (χ0n) is 15.4. The lowest BCUT2D eigenvalue weighted by molar-refractivity contribution is 0.279. The predicted molar refractivity (Wildman–Crippen MR) is 109 cm³/mol. The van der Waals surface area contributed by atoms with Crippen LogP contribution in [-0.4, -0.2) is 17.0 Å². The lowest BCUT2D eigenvalue weighted by Gasteiger charge is -2.33. The van der Waals surface area contributed by atoms with Gasteiger partial charge in [-0.3, -0.25) is 10.4 Å². The Balaban J connectivity index is 1.48. The van der Waals surface area contributed by atoms with Gasteiger partial charge in [-0.15, -0.1) is 0 Å². The van der Waals surface area contributed by atoms with Crippen molar-refractivity contribution in [1.82, 2.24) is 10.3 Å². The molecule has 2 aromatic rings. The number of pyridine rings is 1. The van der Waals surface area contributed by atoms with Gasteiger partial charge < -0.3 is 10.6 Å². The van der Waals surface area contributed by atoms with Gasteiger partial charge in [0.15, 0.2) is 5.96 Å². The van der Waals surface area contributed by atoms with E-state index in [1.807, 2.05) is 30.5 Å². The molecule has 1 heterocycles. The molecule has 0 bridgehead atoms. The zero-order chi connectivity index (χ0) is 18.5. The fraction of sp³-hybridized carbons (Fsp3) is 0.429. The van der Waals surface area contributed by atoms with E-state index in [2.05, 4.69) is 41.6 Å². The van der Waals surface area contributed by atoms with Crippen LogP contribution in [0.25, 0.3) is 0 Å². The van der Waals surface area contributed by atoms with Crippen LogP contribution in [0.5, 0.6) is 0 Å². The van der Waals surface area contributed by atoms with Crippen LogP contribution >= 0.6 is 11.6 Å². The first-order valence-corrected chi connectivity index (χ1v) is 9.69. The summed E-state index contributed by atoms with van der Waals surface area (Å²) in [6.07, 6.45) is 6.71. The SMILES string of the molecule is Cc1cc(C2CCC(C(C)NC(=N)Nc3ccc(Cl)cc3)CC2)ccn1. The summed E-state index contributed by atoms with van der Waals surface area (Å²) in [5.74, 6) is 1.58. The van der Waals surface area contributed by atoms with Gasteiger partial charge in [-0.05, 0) is 93.3 Å². The molecule has 0 aliphatic heterocycles. The highest BCUT2D eigenvalue weighted by molar-refractivity contribution is 6.30. The van der Waals surface area contributed by atoms with E-state index in [1.54, 1.807) is 0 Å². The maximum atomic E-state index is 8.16. The highest BCUT2D eigenvalue weighted by atomic mass is 35.5. The fourth-order valence-corrected chi connectivity index (χ4v) is 3.96. The molecule has 1 aromatic heterocycles. The van der Waals surface area contributed by atoms with Gasteiger partial charge in [-0.2, -0.15) is 0 Å². The molecule has 4 nitrogen and oxygen atoms in total. The lowest BCUT2D eigenvalue weighted by atomic mass is 9.76. The molecule has 1 saturated carbocycles. The molecule has 1 aromatic carbocycles. The Morgan fingerprint density at radius 1 is 1.15 bits per heavy atom. The number of benzene rings is 1. The van der Waals surface area contributed by atoms with Crippen LogP contribution < -0.4 is 10.6 Å². The third-order valence-corrected chi connectivity index (χ3v) is 5.61. The Morgan fingerprint density at radius 3 is 2.50 bits per heavy atom. The lowest BCUT2D eigenvalue weighted by Crippen LogP contribution is -2.42. The molecule has 0 saturated heterocycles. The third-order valence-electron chi connectivity index (χ3n) is 5.36. The van der Waals surface area contributed by atoms with Gasteiger partial charge in [0.25, 0.3) is 0 Å². The molecule has 1 aliphatic rings. The van der Waals surface area contributed by atoms with Crippen LogP contribution in [0.4, 0.5) is 5.69 Å². The number of anilines is 1. The summed E-state index contributed by atoms with van der Waals surface area (Å²) in [6, 6.07) is 12.1. The van der Waals surface area contributed by atoms with Gasteiger partial charge in [0.1, 0.15) is 0 Å². The largest absolute Gasteiger partial charge is 0.354 e. The Hall–Kier alpha value is -2.07. The molecule has 1 aliphatic carbocycles. The predicted octanol–water partition coefficient (Wildman–Crippen LogP) is 5.34. The molecule has 5 heteroatoms. The van der Waals surface area contributed by atoms with Gasteiger partial charge >= 0.3 is 0 Å². The van der Waals surface area contributed by atoms with Crippen LogP contribution in [-0.2, 0) is 0 Å². The van der Waals surface area contributed by atoms with Crippen LogP contribution in [0.1, 0.15) is 49.8 Å². The average Bonchev–Trinajstić information content (AvgIpc) is 2.64. The first kappa shape index (κ1) is 18.7. The van der Waals surface area contributed by atoms with E-state index in [9.17, 15) is 0 Å². The highest BCUT2D eigenvalue weighted by Crippen LogP contribution is 2.37. The molecule has 1 unspecified atom stereocenters. The Kier molecular flexibility index (Phi) is 6.15. The Labute approximate surface area is 160 Å². The minimum Gasteiger partial charge on any atom is -0.354 e. The van der Waals surface area contributed by atoms with Gasteiger partial charge in [0.2, 0.25) is 0 Å². The monoisotopic (exact) mass is 370 g/mol. The molecule has 138 valence electrons. The summed E-state index contributed by atoms with van der Waals surface area (Å²) in [7, 11) is 0. The number of rotatable bonds is 4. The number of hydrogen-bond acceptors (Lipinski definition) is 2. The molecule has 26 heavy (non-hydrogen) atoms. The first-order valence-electron chi connectivity index (χ1n) is 9.31. The second-order valence-corrected chi connectivity index (χ2v) is 7.72. The topological polar surface area (TPSA) is 60.8 Å². The van der Waals surface area contributed by atoms with E-state index >= 15 is 0 Å². The molecule has 1 atom stereocenters. The Morgan fingerprint density at radius 2 is 1.85 bits per heavy atom. The third kappa shape index (κ3) is 4.98. The smallest absolute Gasteiger partial charge is 0.193 e. The molecular formula is C21H27ClN4. The minimum absolute atomic E-state index is 0.280. The normalized spacial score (nSPS) is 21.0. The number of guanidine groups is 1. The van der Waals surface area contributed by atoms with Crippen molar-refractivity contribution in [1.29, 1.82) is 5.41 Å². The average molecular weight is 371 g/mol. The van der Waals surface area contributed by atoms with E-state index in [0.29, 0.717) is 22.8 Å². The van der Waals surface area contributed by atoms with E-state index in [-0.39, 0.29) is 6.04 Å². The van der Waals surface area contributed by atoms with Crippen LogP contribution in [0.2, 0.25) is 5.02 Å². The van der Waals surface area contributed by atoms with Crippen molar-refractivity contribution in [2.75, 3.05) is 5.32 Å². The Bertz CT molecular complexity index is 736. The maximum Gasteiger partial charge on any atom is 0.193 e. The quantitative estimate of drug-likeness (QED) is 0.502. The van der Waals surface area contributed by atoms with Crippen molar-refractivity contribution in [3.8, 4) is 0 Å². The summed E-state index contributed by atoms with van der Waals surface area (Å²) < 4.78 is 0. The van der Waals surface area contributed by atoms with Crippen LogP contribution in [0.3, 0.4) is 0 Å². The molecular weight excluding hydrogens is 344 g/mol. The number of nitrogens with zero attached hydrogens (tertiary/aromatic N) is 1. The fourth-order valence-electron chi connectivity index (χ4n) is 3.83. The molecule has 3 N–H and O–H groups in total. The maximum absolute atomic E-state index is 8.16. The minimum atomic E-state index is 0.280.